The molecule has 10 nitrogen and oxygen atoms in total. The standard InChI is InChI=1S/C22H28O10/c1-21(2,28)16(31-20(27)22(29)9-13(23)18(26)14(24)10-22)8-12-15(30-3)6-4-11-5-7-17(25)32-19(11)12/h4-7,13-14,16,18,23-24,26,28-29H,8-10H2,1-3H3/t13-,14-,16?,18?,22?/m1/s1. The Bertz CT molecular complexity index is 1030. The molecule has 1 saturated carbocycles. The lowest BCUT2D eigenvalue weighted by molar-refractivity contribution is -0.204. The molecular formula is C22H28O10. The molecule has 2 aromatic rings. The zero-order chi connectivity index (χ0) is 23.8. The highest BCUT2D eigenvalue weighted by molar-refractivity contribution is 5.82. The van der Waals surface area contributed by atoms with E-state index in [1.165, 1.54) is 27.0 Å². The molecule has 0 radical (unpaired) electrons. The second-order valence-electron chi connectivity index (χ2n) is 8.74. The number of methoxy groups -OCH3 is 1. The van der Waals surface area contributed by atoms with Gasteiger partial charge in [-0.1, -0.05) is 0 Å². The number of hydrogen-bond donors (Lipinski definition) is 5. The molecule has 0 aliphatic heterocycles. The summed E-state index contributed by atoms with van der Waals surface area (Å²) in [6.07, 6.45) is -7.04. The first-order valence-electron chi connectivity index (χ1n) is 10.2. The third-order valence-corrected chi connectivity index (χ3v) is 5.76. The first-order chi connectivity index (χ1) is 14.9. The van der Waals surface area contributed by atoms with E-state index in [0.29, 0.717) is 16.7 Å². The van der Waals surface area contributed by atoms with Gasteiger partial charge in [0.15, 0.2) is 5.60 Å². The molecule has 10 heteroatoms. The average molecular weight is 452 g/mol. The van der Waals surface area contributed by atoms with Crippen LogP contribution in [0, 0.1) is 0 Å². The van der Waals surface area contributed by atoms with Gasteiger partial charge in [0.2, 0.25) is 0 Å². The molecule has 1 heterocycles. The number of rotatable bonds is 6. The maximum atomic E-state index is 12.8. The summed E-state index contributed by atoms with van der Waals surface area (Å²) in [5.41, 5.74) is -3.89. The predicted octanol–water partition coefficient (Wildman–Crippen LogP) is -0.366. The van der Waals surface area contributed by atoms with Crippen LogP contribution in [0.2, 0.25) is 0 Å². The molecule has 1 unspecified atom stereocenters. The number of benzene rings is 1. The minimum absolute atomic E-state index is 0.132. The van der Waals surface area contributed by atoms with Gasteiger partial charge in [-0.2, -0.15) is 0 Å². The van der Waals surface area contributed by atoms with E-state index in [-0.39, 0.29) is 12.0 Å². The molecule has 0 amide bonds. The fourth-order valence-electron chi connectivity index (χ4n) is 3.86. The van der Waals surface area contributed by atoms with E-state index in [1.54, 1.807) is 18.2 Å². The van der Waals surface area contributed by atoms with Crippen LogP contribution in [0.1, 0.15) is 32.3 Å². The van der Waals surface area contributed by atoms with Gasteiger partial charge in [0.25, 0.3) is 0 Å². The summed E-state index contributed by atoms with van der Waals surface area (Å²) in [6.45, 7) is 2.80. The Labute approximate surface area is 183 Å². The van der Waals surface area contributed by atoms with Gasteiger partial charge < -0.3 is 39.4 Å². The van der Waals surface area contributed by atoms with Gasteiger partial charge in [-0.05, 0) is 32.0 Å². The molecule has 0 spiro atoms. The number of aliphatic hydroxyl groups excluding tert-OH is 3. The summed E-state index contributed by atoms with van der Waals surface area (Å²) in [5, 5.41) is 51.5. The zero-order valence-electron chi connectivity index (χ0n) is 18.0. The molecule has 5 N–H and O–H groups in total. The molecule has 3 atom stereocenters. The van der Waals surface area contributed by atoms with Crippen LogP contribution in [0.4, 0.5) is 0 Å². The molecular weight excluding hydrogens is 424 g/mol. The highest BCUT2D eigenvalue weighted by Gasteiger charge is 2.50. The van der Waals surface area contributed by atoms with Crippen molar-refractivity contribution < 1.29 is 44.2 Å². The van der Waals surface area contributed by atoms with Crippen LogP contribution >= 0.6 is 0 Å². The third-order valence-electron chi connectivity index (χ3n) is 5.76. The minimum Gasteiger partial charge on any atom is -0.496 e. The van der Waals surface area contributed by atoms with E-state index in [9.17, 15) is 35.1 Å². The second-order valence-corrected chi connectivity index (χ2v) is 8.74. The van der Waals surface area contributed by atoms with Gasteiger partial charge in [0.05, 0.1) is 24.9 Å². The fraction of sp³-hybridized carbons (Fsp3) is 0.545. The first-order valence-corrected chi connectivity index (χ1v) is 10.2. The van der Waals surface area contributed by atoms with Crippen LogP contribution in [-0.2, 0) is 16.0 Å². The zero-order valence-corrected chi connectivity index (χ0v) is 18.0. The Kier molecular flexibility index (Phi) is 6.64. The Hall–Kier alpha value is -2.50. The molecule has 32 heavy (non-hydrogen) atoms. The van der Waals surface area contributed by atoms with Gasteiger partial charge in [-0.25, -0.2) is 9.59 Å². The molecule has 1 aliphatic rings. The highest BCUT2D eigenvalue weighted by Crippen LogP contribution is 2.34. The van der Waals surface area contributed by atoms with E-state index < -0.39 is 60.1 Å². The summed E-state index contributed by atoms with van der Waals surface area (Å²) in [4.78, 5) is 24.6. The monoisotopic (exact) mass is 452 g/mol. The van der Waals surface area contributed by atoms with Crippen molar-refractivity contribution in [3.05, 3.63) is 40.2 Å². The average Bonchev–Trinajstić information content (AvgIpc) is 2.70. The van der Waals surface area contributed by atoms with E-state index in [1.807, 2.05) is 0 Å². The lowest BCUT2D eigenvalue weighted by Gasteiger charge is -2.40. The Morgan fingerprint density at radius 1 is 1.19 bits per heavy atom. The summed E-state index contributed by atoms with van der Waals surface area (Å²) in [6, 6.07) is 6.15. The van der Waals surface area contributed by atoms with Gasteiger partial charge >= 0.3 is 11.6 Å². The smallest absolute Gasteiger partial charge is 0.338 e. The van der Waals surface area contributed by atoms with Crippen LogP contribution in [0.3, 0.4) is 0 Å². The highest BCUT2D eigenvalue weighted by atomic mass is 16.6. The van der Waals surface area contributed by atoms with Gasteiger partial charge in [-0.15, -0.1) is 0 Å². The van der Waals surface area contributed by atoms with Crippen LogP contribution in [0.15, 0.2) is 33.5 Å². The van der Waals surface area contributed by atoms with Crippen LogP contribution in [-0.4, -0.2) is 74.2 Å². The summed E-state index contributed by atoms with van der Waals surface area (Å²) < 4.78 is 16.1. The third kappa shape index (κ3) is 4.79. The lowest BCUT2D eigenvalue weighted by Crippen LogP contribution is -2.57. The van der Waals surface area contributed by atoms with Crippen molar-refractivity contribution in [3.63, 3.8) is 0 Å². The maximum absolute atomic E-state index is 12.8. The normalized spacial score (nSPS) is 27.2. The van der Waals surface area contributed by atoms with E-state index in [0.717, 1.165) is 0 Å². The van der Waals surface area contributed by atoms with E-state index >= 15 is 0 Å². The lowest BCUT2D eigenvalue weighted by atomic mass is 9.79. The van der Waals surface area contributed by atoms with Gasteiger partial charge in [0, 0.05) is 36.3 Å². The second kappa shape index (κ2) is 8.80. The fourth-order valence-corrected chi connectivity index (χ4v) is 3.86. The molecule has 1 aromatic carbocycles. The molecule has 1 aliphatic carbocycles. The molecule has 3 rings (SSSR count). The summed E-state index contributed by atoms with van der Waals surface area (Å²) >= 11 is 0. The first kappa shape index (κ1) is 24.1. The van der Waals surface area contributed by atoms with Gasteiger partial charge in [-0.3, -0.25) is 0 Å². The van der Waals surface area contributed by atoms with Crippen LogP contribution in [0.25, 0.3) is 11.0 Å². The Morgan fingerprint density at radius 3 is 2.34 bits per heavy atom. The van der Waals surface area contributed by atoms with Crippen molar-refractivity contribution in [3.8, 4) is 5.75 Å². The number of carbonyl (C=O) groups excluding carboxylic acids is 1. The number of esters is 1. The van der Waals surface area contributed by atoms with Gasteiger partial charge in [0.1, 0.15) is 23.5 Å². The molecule has 1 aromatic heterocycles. The predicted molar refractivity (Wildman–Crippen MR) is 111 cm³/mol. The van der Waals surface area contributed by atoms with Crippen LogP contribution < -0.4 is 10.4 Å². The SMILES string of the molecule is COc1ccc2ccc(=O)oc2c1CC(OC(=O)C1(O)C[C@@H](O)C(O)[C@H](O)C1)C(C)(C)O. The molecule has 1 fully saturated rings. The summed E-state index contributed by atoms with van der Waals surface area (Å²) in [5.74, 6) is -0.835. The Balaban J connectivity index is 1.95. The topological polar surface area (TPSA) is 167 Å². The largest absolute Gasteiger partial charge is 0.496 e. The van der Waals surface area contributed by atoms with Crippen molar-refractivity contribution in [1.82, 2.24) is 0 Å². The minimum atomic E-state index is -2.27. The van der Waals surface area contributed by atoms with E-state index in [2.05, 4.69) is 0 Å². The number of hydrogen-bond acceptors (Lipinski definition) is 10. The number of ether oxygens (including phenoxy) is 2. The maximum Gasteiger partial charge on any atom is 0.338 e. The van der Waals surface area contributed by atoms with E-state index in [4.69, 9.17) is 13.9 Å². The van der Waals surface area contributed by atoms with Crippen molar-refractivity contribution in [1.29, 1.82) is 0 Å². The Morgan fingerprint density at radius 2 is 1.78 bits per heavy atom. The molecule has 0 bridgehead atoms. The number of carbonyl (C=O) groups is 1. The van der Waals surface area contributed by atoms with Crippen molar-refractivity contribution in [2.24, 2.45) is 0 Å². The quantitative estimate of drug-likeness (QED) is 0.288. The molecule has 0 saturated heterocycles. The molecule has 176 valence electrons. The van der Waals surface area contributed by atoms with Crippen molar-refractivity contribution in [2.45, 2.75) is 68.7 Å². The summed E-state index contributed by atoms with van der Waals surface area (Å²) in [7, 11) is 1.41. The van der Waals surface area contributed by atoms with Crippen molar-refractivity contribution >= 4 is 16.9 Å². The van der Waals surface area contributed by atoms with Crippen LogP contribution in [0.5, 0.6) is 5.75 Å². The van der Waals surface area contributed by atoms with Crippen molar-refractivity contribution in [2.75, 3.05) is 7.11 Å². The number of aliphatic hydroxyl groups is 5. The number of fused-ring (bicyclic) bond motifs is 1.